The van der Waals surface area contributed by atoms with Crippen LogP contribution in [-0.4, -0.2) is 37.5 Å². The van der Waals surface area contributed by atoms with Crippen LogP contribution in [0, 0.1) is 12.8 Å². The molecule has 1 saturated carbocycles. The molecule has 0 unspecified atom stereocenters. The summed E-state index contributed by atoms with van der Waals surface area (Å²) in [6.07, 6.45) is 1.16. The minimum Gasteiger partial charge on any atom is -0.393 e. The van der Waals surface area contributed by atoms with Crippen LogP contribution in [0.2, 0.25) is 0 Å². The molecule has 100 valence electrons. The third kappa shape index (κ3) is 2.74. The second-order valence-corrected chi connectivity index (χ2v) is 7.14. The van der Waals surface area contributed by atoms with Gasteiger partial charge in [-0.05, 0) is 43.4 Å². The molecule has 1 aromatic rings. The highest BCUT2D eigenvalue weighted by molar-refractivity contribution is 7.89. The lowest BCUT2D eigenvalue weighted by Crippen LogP contribution is -2.39. The van der Waals surface area contributed by atoms with E-state index in [2.05, 4.69) is 0 Å². The number of nitrogens with zero attached hydrogens (tertiary/aromatic N) is 1. The largest absolute Gasteiger partial charge is 0.393 e. The van der Waals surface area contributed by atoms with Gasteiger partial charge in [0.25, 0.3) is 0 Å². The second kappa shape index (κ2) is 4.99. The molecule has 5 heteroatoms. The van der Waals surface area contributed by atoms with E-state index < -0.39 is 10.0 Å². The van der Waals surface area contributed by atoms with Crippen LogP contribution in [0.5, 0.6) is 0 Å². The van der Waals surface area contributed by atoms with Crippen molar-refractivity contribution in [1.29, 1.82) is 0 Å². The molecule has 1 aromatic carbocycles. The number of rotatable bonds is 4. The van der Waals surface area contributed by atoms with Crippen LogP contribution in [0.3, 0.4) is 0 Å². The Labute approximate surface area is 108 Å². The van der Waals surface area contributed by atoms with Crippen molar-refractivity contribution in [2.75, 3.05) is 13.6 Å². The van der Waals surface area contributed by atoms with Crippen LogP contribution >= 0.6 is 0 Å². The third-order valence-electron chi connectivity index (χ3n) is 3.42. The number of aliphatic hydroxyl groups is 1. The molecule has 2 rings (SSSR count). The van der Waals surface area contributed by atoms with Crippen molar-refractivity contribution in [1.82, 2.24) is 4.31 Å². The summed E-state index contributed by atoms with van der Waals surface area (Å²) < 4.78 is 26.0. The van der Waals surface area contributed by atoms with Crippen molar-refractivity contribution in [2.24, 2.45) is 5.92 Å². The molecule has 1 aliphatic carbocycles. The molecule has 0 spiro atoms. The van der Waals surface area contributed by atoms with Gasteiger partial charge in [0.05, 0.1) is 11.0 Å². The molecule has 18 heavy (non-hydrogen) atoms. The molecule has 0 atom stereocenters. The molecule has 0 aromatic heterocycles. The van der Waals surface area contributed by atoms with Gasteiger partial charge < -0.3 is 5.11 Å². The third-order valence-corrected chi connectivity index (χ3v) is 5.24. The maximum atomic E-state index is 12.3. The summed E-state index contributed by atoms with van der Waals surface area (Å²) in [7, 11) is -1.80. The Morgan fingerprint density at radius 1 is 1.39 bits per heavy atom. The van der Waals surface area contributed by atoms with E-state index in [1.165, 1.54) is 4.31 Å². The van der Waals surface area contributed by atoms with Gasteiger partial charge in [0.2, 0.25) is 10.0 Å². The quantitative estimate of drug-likeness (QED) is 0.898. The predicted molar refractivity (Wildman–Crippen MR) is 69.7 cm³/mol. The van der Waals surface area contributed by atoms with Crippen molar-refractivity contribution in [2.45, 2.75) is 30.8 Å². The van der Waals surface area contributed by atoms with Gasteiger partial charge in [0, 0.05) is 13.6 Å². The smallest absolute Gasteiger partial charge is 0.242 e. The fraction of sp³-hybridized carbons (Fsp3) is 0.538. The van der Waals surface area contributed by atoms with Crippen molar-refractivity contribution in [3.05, 3.63) is 29.8 Å². The van der Waals surface area contributed by atoms with E-state index in [9.17, 15) is 13.5 Å². The highest BCUT2D eigenvalue weighted by Gasteiger charge is 2.31. The molecule has 1 fully saturated rings. The maximum absolute atomic E-state index is 12.3. The summed E-state index contributed by atoms with van der Waals surface area (Å²) in [6, 6.07) is 6.93. The van der Waals surface area contributed by atoms with E-state index in [1.807, 2.05) is 13.0 Å². The van der Waals surface area contributed by atoms with Gasteiger partial charge in [-0.3, -0.25) is 0 Å². The summed E-state index contributed by atoms with van der Waals surface area (Å²) in [6.45, 7) is 2.36. The zero-order valence-electron chi connectivity index (χ0n) is 10.7. The fourth-order valence-electron chi connectivity index (χ4n) is 2.27. The summed E-state index contributed by atoms with van der Waals surface area (Å²) in [4.78, 5) is 0.338. The number of aliphatic hydroxyl groups excluding tert-OH is 1. The highest BCUT2D eigenvalue weighted by Crippen LogP contribution is 2.29. The first-order valence-corrected chi connectivity index (χ1v) is 7.54. The Morgan fingerprint density at radius 2 is 2.06 bits per heavy atom. The van der Waals surface area contributed by atoms with Gasteiger partial charge >= 0.3 is 0 Å². The summed E-state index contributed by atoms with van der Waals surface area (Å²) >= 11 is 0. The molecular formula is C13H19NO3S. The lowest BCUT2D eigenvalue weighted by molar-refractivity contribution is 0.0367. The first-order chi connectivity index (χ1) is 8.39. The van der Waals surface area contributed by atoms with Crippen molar-refractivity contribution >= 4 is 10.0 Å². The van der Waals surface area contributed by atoms with E-state index >= 15 is 0 Å². The molecule has 0 bridgehead atoms. The average Bonchev–Trinajstić information content (AvgIpc) is 2.26. The Balaban J connectivity index is 2.10. The van der Waals surface area contributed by atoms with Crippen LogP contribution < -0.4 is 0 Å². The Kier molecular flexibility index (Phi) is 3.75. The Morgan fingerprint density at radius 3 is 2.61 bits per heavy atom. The highest BCUT2D eigenvalue weighted by atomic mass is 32.2. The molecule has 1 aliphatic rings. The van der Waals surface area contributed by atoms with Gasteiger partial charge in [0.1, 0.15) is 0 Å². The van der Waals surface area contributed by atoms with E-state index in [0.717, 1.165) is 5.56 Å². The number of benzene rings is 1. The molecule has 0 amide bonds. The summed E-state index contributed by atoms with van der Waals surface area (Å²) in [5.74, 6) is 0.282. The van der Waals surface area contributed by atoms with Gasteiger partial charge in [-0.1, -0.05) is 12.1 Å². The van der Waals surface area contributed by atoms with Crippen molar-refractivity contribution < 1.29 is 13.5 Å². The summed E-state index contributed by atoms with van der Waals surface area (Å²) in [5, 5.41) is 9.22. The molecule has 1 N–H and O–H groups in total. The van der Waals surface area contributed by atoms with E-state index in [-0.39, 0.29) is 12.0 Å². The normalized spacial score (nSPS) is 24.0. The topological polar surface area (TPSA) is 57.6 Å². The van der Waals surface area contributed by atoms with Crippen molar-refractivity contribution in [3.8, 4) is 0 Å². The molecule has 0 radical (unpaired) electrons. The van der Waals surface area contributed by atoms with Crippen LogP contribution in [0.4, 0.5) is 0 Å². The van der Waals surface area contributed by atoms with Crippen LogP contribution in [0.1, 0.15) is 18.4 Å². The zero-order valence-corrected chi connectivity index (χ0v) is 11.5. The van der Waals surface area contributed by atoms with E-state index in [4.69, 9.17) is 0 Å². The predicted octanol–water partition coefficient (Wildman–Crippen LogP) is 1.39. The minimum absolute atomic E-state index is 0.245. The van der Waals surface area contributed by atoms with Gasteiger partial charge in [0.15, 0.2) is 0 Å². The minimum atomic E-state index is -3.40. The summed E-state index contributed by atoms with van der Waals surface area (Å²) in [5.41, 5.74) is 0.934. The van der Waals surface area contributed by atoms with Crippen molar-refractivity contribution in [3.63, 3.8) is 0 Å². The van der Waals surface area contributed by atoms with E-state index in [1.54, 1.807) is 25.2 Å². The lowest BCUT2D eigenvalue weighted by atomic mass is 9.82. The number of aryl methyl sites for hydroxylation is 1. The van der Waals surface area contributed by atoms with Crippen LogP contribution in [0.25, 0.3) is 0 Å². The lowest BCUT2D eigenvalue weighted by Gasteiger charge is -2.34. The standard InChI is InChI=1S/C13H19NO3S/c1-10-4-3-5-13(6-10)18(16,17)14(2)9-11-7-12(15)8-11/h3-6,11-12,15H,7-9H2,1-2H3. The van der Waals surface area contributed by atoms with Gasteiger partial charge in [-0.2, -0.15) is 0 Å². The van der Waals surface area contributed by atoms with Crippen LogP contribution in [-0.2, 0) is 10.0 Å². The molecule has 0 aliphatic heterocycles. The monoisotopic (exact) mass is 269 g/mol. The van der Waals surface area contributed by atoms with E-state index in [0.29, 0.717) is 24.3 Å². The fourth-order valence-corrected chi connectivity index (χ4v) is 3.62. The average molecular weight is 269 g/mol. The molecule has 4 nitrogen and oxygen atoms in total. The SMILES string of the molecule is Cc1cccc(S(=O)(=O)N(C)CC2CC(O)C2)c1. The number of hydrogen-bond donors (Lipinski definition) is 1. The Hall–Kier alpha value is -0.910. The second-order valence-electron chi connectivity index (χ2n) is 5.09. The zero-order chi connectivity index (χ0) is 13.3. The van der Waals surface area contributed by atoms with Gasteiger partial charge in [-0.15, -0.1) is 0 Å². The number of sulfonamides is 1. The first-order valence-electron chi connectivity index (χ1n) is 6.10. The maximum Gasteiger partial charge on any atom is 0.242 e. The van der Waals surface area contributed by atoms with Gasteiger partial charge in [-0.25, -0.2) is 12.7 Å². The first kappa shape index (κ1) is 13.5. The number of hydrogen-bond acceptors (Lipinski definition) is 3. The Bertz CT molecular complexity index is 521. The molecular weight excluding hydrogens is 250 g/mol. The molecule has 0 saturated heterocycles. The molecule has 0 heterocycles. The van der Waals surface area contributed by atoms with Crippen LogP contribution in [0.15, 0.2) is 29.2 Å².